The molecule has 0 aliphatic rings. The fourth-order valence-electron chi connectivity index (χ4n) is 3.22. The molecular formula is C27H20F3PTe. The third-order valence-electron chi connectivity index (χ3n) is 4.74. The molecule has 0 aliphatic heterocycles. The first-order valence-electron chi connectivity index (χ1n) is 10.0. The Kier molecular flexibility index (Phi) is 7.48. The second-order valence-electron chi connectivity index (χ2n) is 7.02. The van der Waals surface area contributed by atoms with Crippen LogP contribution in [0.15, 0.2) is 119 Å². The van der Waals surface area contributed by atoms with Gasteiger partial charge in [0.2, 0.25) is 0 Å². The van der Waals surface area contributed by atoms with Crippen LogP contribution >= 0.6 is 7.92 Å². The topological polar surface area (TPSA) is 0 Å². The van der Waals surface area contributed by atoms with Crippen molar-refractivity contribution in [3.8, 4) is 0 Å². The van der Waals surface area contributed by atoms with Crippen molar-refractivity contribution in [1.82, 2.24) is 0 Å². The van der Waals surface area contributed by atoms with Gasteiger partial charge in [0.05, 0.1) is 0 Å². The van der Waals surface area contributed by atoms with E-state index in [4.69, 9.17) is 0 Å². The number of hydrogen-bond donors (Lipinski definition) is 0. The fraction of sp³-hybridized carbons (Fsp3) is 0.0370. The summed E-state index contributed by atoms with van der Waals surface area (Å²) < 4.78 is 41.7. The van der Waals surface area contributed by atoms with Crippen LogP contribution in [0.5, 0.6) is 0 Å². The number of benzene rings is 4. The first kappa shape index (κ1) is 22.8. The molecule has 0 heterocycles. The molecule has 0 unspecified atom stereocenters. The van der Waals surface area contributed by atoms with Gasteiger partial charge in [0.1, 0.15) is 0 Å². The first-order valence-corrected chi connectivity index (χ1v) is 13.7. The Morgan fingerprint density at radius 1 is 0.625 bits per heavy atom. The van der Waals surface area contributed by atoms with Crippen molar-refractivity contribution in [1.29, 1.82) is 0 Å². The minimum atomic E-state index is -4.33. The average molecular weight is 560 g/mol. The molecule has 0 bridgehead atoms. The molecule has 4 aromatic carbocycles. The summed E-state index contributed by atoms with van der Waals surface area (Å²) in [6, 6.07) is 36.7. The van der Waals surface area contributed by atoms with Gasteiger partial charge in [-0.05, 0) is 0 Å². The van der Waals surface area contributed by atoms with Gasteiger partial charge >= 0.3 is 198 Å². The third-order valence-corrected chi connectivity index (χ3v) is 11.5. The summed E-state index contributed by atoms with van der Waals surface area (Å²) >= 11 is -0.746. The van der Waals surface area contributed by atoms with Crippen LogP contribution in [0.25, 0.3) is 6.08 Å². The minimum absolute atomic E-state index is 0.621. The molecule has 0 N–H and O–H groups in total. The van der Waals surface area contributed by atoms with E-state index in [2.05, 4.69) is 42.5 Å². The van der Waals surface area contributed by atoms with E-state index in [1.165, 1.54) is 29.7 Å². The standard InChI is InChI=1S/C27H20F3PTe/c28-27(29,30)22-18-16-21(17-19-22)20-26(32-25-14-8-3-9-15-25)31(23-10-4-1-5-11-23)24-12-6-2-7-13-24/h1-20H/b26-20-. The summed E-state index contributed by atoms with van der Waals surface area (Å²) in [4.78, 5) is 0. The van der Waals surface area contributed by atoms with Crippen LogP contribution in [0.3, 0.4) is 0 Å². The van der Waals surface area contributed by atoms with Crippen molar-refractivity contribution in [3.63, 3.8) is 0 Å². The molecule has 4 aromatic rings. The van der Waals surface area contributed by atoms with E-state index in [9.17, 15) is 13.2 Å². The Hall–Kier alpha value is -2.37. The van der Waals surface area contributed by atoms with Crippen molar-refractivity contribution in [3.05, 3.63) is 130 Å². The van der Waals surface area contributed by atoms with Gasteiger partial charge in [-0.15, -0.1) is 0 Å². The van der Waals surface area contributed by atoms with E-state index in [0.717, 1.165) is 5.56 Å². The Morgan fingerprint density at radius 2 is 1.09 bits per heavy atom. The van der Waals surface area contributed by atoms with E-state index in [1.807, 2.05) is 54.6 Å². The molecule has 5 heteroatoms. The average Bonchev–Trinajstić information content (AvgIpc) is 2.81. The summed E-state index contributed by atoms with van der Waals surface area (Å²) in [5.41, 5.74) is 0.178. The Bertz CT molecular complexity index is 1120. The summed E-state index contributed by atoms with van der Waals surface area (Å²) in [5, 5.41) is 2.49. The van der Waals surface area contributed by atoms with E-state index >= 15 is 0 Å². The summed E-state index contributed by atoms with van der Waals surface area (Å²) in [6.45, 7) is 0. The van der Waals surface area contributed by atoms with Crippen LogP contribution in [0.1, 0.15) is 11.1 Å². The van der Waals surface area contributed by atoms with Crippen LogP contribution < -0.4 is 14.2 Å². The summed E-state index contributed by atoms with van der Waals surface area (Å²) in [7, 11) is -0.795. The van der Waals surface area contributed by atoms with E-state index < -0.39 is 40.6 Å². The van der Waals surface area contributed by atoms with Crippen LogP contribution in [-0.2, 0) is 6.18 Å². The Morgan fingerprint density at radius 3 is 1.56 bits per heavy atom. The fourth-order valence-corrected chi connectivity index (χ4v) is 10.7. The van der Waals surface area contributed by atoms with Crippen LogP contribution in [0, 0.1) is 0 Å². The normalized spacial score (nSPS) is 12.2. The van der Waals surface area contributed by atoms with Gasteiger partial charge in [0, 0.05) is 0 Å². The van der Waals surface area contributed by atoms with Crippen molar-refractivity contribution < 1.29 is 13.2 Å². The monoisotopic (exact) mass is 562 g/mol. The third kappa shape index (κ3) is 5.90. The predicted molar refractivity (Wildman–Crippen MR) is 130 cm³/mol. The van der Waals surface area contributed by atoms with Gasteiger partial charge in [-0.3, -0.25) is 0 Å². The molecule has 0 aliphatic carbocycles. The van der Waals surface area contributed by atoms with E-state index in [1.54, 1.807) is 12.1 Å². The second-order valence-corrected chi connectivity index (χ2v) is 13.3. The molecule has 0 amide bonds. The molecule has 0 saturated carbocycles. The van der Waals surface area contributed by atoms with Crippen LogP contribution in [0.4, 0.5) is 13.2 Å². The van der Waals surface area contributed by atoms with Crippen LogP contribution in [-0.4, -0.2) is 20.9 Å². The van der Waals surface area contributed by atoms with Gasteiger partial charge < -0.3 is 0 Å². The molecule has 0 saturated heterocycles. The molecule has 0 atom stereocenters. The Balaban J connectivity index is 1.82. The summed E-state index contributed by atoms with van der Waals surface area (Å²) in [6.07, 6.45) is -2.22. The predicted octanol–water partition coefficient (Wildman–Crippen LogP) is 6.17. The van der Waals surface area contributed by atoms with Crippen molar-refractivity contribution in [2.45, 2.75) is 6.18 Å². The zero-order chi connectivity index (χ0) is 22.4. The number of hydrogen-bond acceptors (Lipinski definition) is 0. The van der Waals surface area contributed by atoms with E-state index in [0.29, 0.717) is 0 Å². The van der Waals surface area contributed by atoms with Gasteiger partial charge in [0.25, 0.3) is 0 Å². The molecule has 0 spiro atoms. The van der Waals surface area contributed by atoms with Gasteiger partial charge in [-0.1, -0.05) is 0 Å². The SMILES string of the molecule is FC(F)(F)c1ccc(/C=C(\[Te]c2ccccc2)P(c2ccccc2)c2ccccc2)cc1. The molecule has 0 radical (unpaired) electrons. The maximum absolute atomic E-state index is 13.0. The molecular weight excluding hydrogens is 540 g/mol. The van der Waals surface area contributed by atoms with E-state index in [-0.39, 0.29) is 0 Å². The quantitative estimate of drug-likeness (QED) is 0.196. The molecule has 32 heavy (non-hydrogen) atoms. The number of halogens is 3. The maximum atomic E-state index is 13.0. The van der Waals surface area contributed by atoms with Crippen molar-refractivity contribution >= 4 is 49.1 Å². The number of rotatable bonds is 6. The zero-order valence-electron chi connectivity index (χ0n) is 17.0. The molecule has 160 valence electrons. The zero-order valence-corrected chi connectivity index (χ0v) is 20.3. The summed E-state index contributed by atoms with van der Waals surface area (Å²) in [5.74, 6) is 0. The van der Waals surface area contributed by atoms with Crippen LogP contribution in [0.2, 0.25) is 0 Å². The van der Waals surface area contributed by atoms with Gasteiger partial charge in [-0.2, -0.15) is 0 Å². The number of alkyl halides is 3. The van der Waals surface area contributed by atoms with Gasteiger partial charge in [0.15, 0.2) is 0 Å². The molecule has 4 rings (SSSR count). The van der Waals surface area contributed by atoms with Crippen molar-refractivity contribution in [2.75, 3.05) is 0 Å². The molecule has 0 aromatic heterocycles. The second kappa shape index (κ2) is 10.5. The van der Waals surface area contributed by atoms with Crippen molar-refractivity contribution in [2.24, 2.45) is 0 Å². The molecule has 0 fully saturated rings. The first-order chi connectivity index (χ1) is 15.5. The Labute approximate surface area is 197 Å². The molecule has 0 nitrogen and oxygen atoms in total. The van der Waals surface area contributed by atoms with Gasteiger partial charge in [-0.25, -0.2) is 0 Å².